The summed E-state index contributed by atoms with van der Waals surface area (Å²) in [6.07, 6.45) is 4.60. The highest BCUT2D eigenvalue weighted by molar-refractivity contribution is 6.03. The smallest absolute Gasteiger partial charge is 0.248 e. The van der Waals surface area contributed by atoms with E-state index in [0.29, 0.717) is 54.5 Å². The van der Waals surface area contributed by atoms with Gasteiger partial charge < -0.3 is 25.2 Å². The van der Waals surface area contributed by atoms with Gasteiger partial charge >= 0.3 is 0 Å². The fourth-order valence-electron chi connectivity index (χ4n) is 4.33. The first-order valence-corrected chi connectivity index (χ1v) is 13.9. The number of benzene rings is 3. The summed E-state index contributed by atoms with van der Waals surface area (Å²) in [6, 6.07) is 19.4. The first-order valence-electron chi connectivity index (χ1n) is 13.9. The van der Waals surface area contributed by atoms with E-state index >= 15 is 0 Å². The molecule has 0 saturated heterocycles. The lowest BCUT2D eigenvalue weighted by atomic mass is 10.1. The van der Waals surface area contributed by atoms with Gasteiger partial charge in [-0.15, -0.1) is 0 Å². The van der Waals surface area contributed by atoms with E-state index < -0.39 is 0 Å². The van der Waals surface area contributed by atoms with Gasteiger partial charge in [0.25, 0.3) is 0 Å². The highest BCUT2D eigenvalue weighted by atomic mass is 19.1. The number of ether oxygens (including phenoxy) is 2. The summed E-state index contributed by atoms with van der Waals surface area (Å²) in [6.45, 7) is 5.77. The monoisotopic (exact) mass is 573 g/mol. The minimum Gasteiger partial charge on any atom is -0.492 e. The van der Waals surface area contributed by atoms with E-state index in [9.17, 15) is 14.3 Å². The van der Waals surface area contributed by atoms with Crippen LogP contribution in [-0.2, 0) is 16.1 Å². The van der Waals surface area contributed by atoms with Gasteiger partial charge in [0, 0.05) is 24.1 Å². The molecule has 9 nitrogen and oxygen atoms in total. The molecule has 3 aromatic carbocycles. The molecule has 0 unspecified atom stereocenters. The third kappa shape index (κ3) is 8.56. The standard InChI is InChI=1S/C32H36FN5O4/c1-3-38(22-39)15-9-14-31(40)36-28-17-26-27(18-30(28)42-4-2)34-21-35-32(26)37-29(24-11-6-5-7-12-24)20-41-19-23-10-8-13-25(33)16-23/h5-14,16-18,21,29,39H,3-4,15,19-20,22H2,1-2H3,(H,36,40)(H,34,35,37)/b14-9+/t29-/m1/s1. The Labute approximate surface area is 245 Å². The van der Waals surface area contributed by atoms with Gasteiger partial charge in [0.15, 0.2) is 0 Å². The molecule has 0 aliphatic heterocycles. The molecule has 10 heteroatoms. The number of fused-ring (bicyclic) bond motifs is 1. The minimum atomic E-state index is -0.330. The van der Waals surface area contributed by atoms with Gasteiger partial charge in [-0.25, -0.2) is 14.4 Å². The van der Waals surface area contributed by atoms with Gasteiger partial charge in [-0.05, 0) is 42.8 Å². The molecule has 0 fully saturated rings. The number of hydrogen-bond acceptors (Lipinski definition) is 8. The van der Waals surface area contributed by atoms with Gasteiger partial charge in [-0.3, -0.25) is 9.69 Å². The van der Waals surface area contributed by atoms with E-state index in [0.717, 1.165) is 11.1 Å². The number of hydrogen-bond donors (Lipinski definition) is 3. The Morgan fingerprint density at radius 1 is 1.10 bits per heavy atom. The van der Waals surface area contributed by atoms with Crippen molar-refractivity contribution in [1.29, 1.82) is 0 Å². The van der Waals surface area contributed by atoms with Crippen LogP contribution in [0.4, 0.5) is 15.9 Å². The van der Waals surface area contributed by atoms with Crippen LogP contribution in [0.5, 0.6) is 5.75 Å². The van der Waals surface area contributed by atoms with Crippen molar-refractivity contribution in [3.05, 3.63) is 102 Å². The Hall–Kier alpha value is -4.38. The van der Waals surface area contributed by atoms with Crippen LogP contribution in [0, 0.1) is 5.82 Å². The van der Waals surface area contributed by atoms with Crippen LogP contribution in [0.2, 0.25) is 0 Å². The molecule has 1 amide bonds. The predicted octanol–water partition coefficient (Wildman–Crippen LogP) is 5.30. The Bertz CT molecular complexity index is 1480. The van der Waals surface area contributed by atoms with Crippen molar-refractivity contribution in [2.24, 2.45) is 0 Å². The predicted molar refractivity (Wildman–Crippen MR) is 162 cm³/mol. The molecule has 1 atom stereocenters. The molecular weight excluding hydrogens is 537 g/mol. The highest BCUT2D eigenvalue weighted by Crippen LogP contribution is 2.33. The maximum absolute atomic E-state index is 13.6. The first kappa shape index (κ1) is 30.6. The third-order valence-corrected chi connectivity index (χ3v) is 6.53. The number of nitrogens with zero attached hydrogens (tertiary/aromatic N) is 3. The molecule has 1 aromatic heterocycles. The van der Waals surface area contributed by atoms with Crippen molar-refractivity contribution in [2.45, 2.75) is 26.5 Å². The van der Waals surface area contributed by atoms with Crippen molar-refractivity contribution >= 4 is 28.3 Å². The number of likely N-dealkylation sites (N-methyl/N-ethyl adjacent to an activating group) is 1. The Kier molecular flexibility index (Phi) is 11.3. The second-order valence-electron chi connectivity index (χ2n) is 9.48. The van der Waals surface area contributed by atoms with Crippen molar-refractivity contribution in [2.75, 3.05) is 43.7 Å². The molecule has 3 N–H and O–H groups in total. The molecule has 0 bridgehead atoms. The minimum absolute atomic E-state index is 0.0861. The number of amides is 1. The van der Waals surface area contributed by atoms with Gasteiger partial charge in [0.1, 0.15) is 23.7 Å². The summed E-state index contributed by atoms with van der Waals surface area (Å²) < 4.78 is 25.4. The zero-order chi connectivity index (χ0) is 29.7. The zero-order valence-electron chi connectivity index (χ0n) is 23.8. The van der Waals surface area contributed by atoms with Crippen molar-refractivity contribution in [3.8, 4) is 5.75 Å². The number of halogens is 1. The summed E-state index contributed by atoms with van der Waals surface area (Å²) in [5.41, 5.74) is 2.84. The molecular formula is C32H36FN5O4. The van der Waals surface area contributed by atoms with Crippen LogP contribution in [0.1, 0.15) is 31.0 Å². The van der Waals surface area contributed by atoms with Crippen molar-refractivity contribution in [1.82, 2.24) is 14.9 Å². The number of nitrogens with one attached hydrogen (secondary N) is 2. The third-order valence-electron chi connectivity index (χ3n) is 6.53. The molecule has 0 aliphatic carbocycles. The Balaban J connectivity index is 1.58. The van der Waals surface area contributed by atoms with E-state index in [2.05, 4.69) is 20.6 Å². The fourth-order valence-corrected chi connectivity index (χ4v) is 4.33. The first-order chi connectivity index (χ1) is 20.5. The number of rotatable bonds is 15. The molecule has 42 heavy (non-hydrogen) atoms. The number of aromatic nitrogens is 2. The summed E-state index contributed by atoms with van der Waals surface area (Å²) in [5.74, 6) is 0.404. The van der Waals surface area contributed by atoms with Gasteiger partial charge in [-0.2, -0.15) is 0 Å². The molecule has 0 radical (unpaired) electrons. The summed E-state index contributed by atoms with van der Waals surface area (Å²) in [7, 11) is 0. The van der Waals surface area contributed by atoms with Crippen molar-refractivity contribution < 1.29 is 23.8 Å². The molecule has 4 aromatic rings. The molecule has 0 saturated carbocycles. The number of carbonyl (C=O) groups excluding carboxylic acids is 1. The molecule has 0 spiro atoms. The summed E-state index contributed by atoms with van der Waals surface area (Å²) >= 11 is 0. The van der Waals surface area contributed by atoms with Crippen LogP contribution in [-0.4, -0.2) is 58.9 Å². The lowest BCUT2D eigenvalue weighted by molar-refractivity contribution is -0.111. The van der Waals surface area contributed by atoms with Crippen molar-refractivity contribution in [3.63, 3.8) is 0 Å². The van der Waals surface area contributed by atoms with E-state index in [-0.39, 0.29) is 31.1 Å². The van der Waals surface area contributed by atoms with E-state index in [1.54, 1.807) is 29.2 Å². The van der Waals surface area contributed by atoms with Gasteiger partial charge in [-0.1, -0.05) is 55.5 Å². The average Bonchev–Trinajstić information content (AvgIpc) is 3.00. The average molecular weight is 574 g/mol. The van der Waals surface area contributed by atoms with E-state index in [4.69, 9.17) is 9.47 Å². The van der Waals surface area contributed by atoms with Crippen LogP contribution in [0.15, 0.2) is 85.2 Å². The zero-order valence-corrected chi connectivity index (χ0v) is 23.8. The summed E-state index contributed by atoms with van der Waals surface area (Å²) in [4.78, 5) is 23.5. The van der Waals surface area contributed by atoms with Crippen LogP contribution in [0.25, 0.3) is 10.9 Å². The number of carbonyl (C=O) groups is 1. The van der Waals surface area contributed by atoms with E-state index in [1.165, 1.54) is 24.5 Å². The van der Waals surface area contributed by atoms with Crippen LogP contribution < -0.4 is 15.4 Å². The quantitative estimate of drug-likeness (QED) is 0.130. The second kappa shape index (κ2) is 15.6. The van der Waals surface area contributed by atoms with Crippen LogP contribution in [0.3, 0.4) is 0 Å². The maximum Gasteiger partial charge on any atom is 0.248 e. The van der Waals surface area contributed by atoms with Gasteiger partial charge in [0.2, 0.25) is 5.91 Å². The number of aliphatic hydroxyl groups is 1. The normalized spacial score (nSPS) is 12.1. The Morgan fingerprint density at radius 2 is 1.93 bits per heavy atom. The molecule has 1 heterocycles. The fraction of sp³-hybridized carbons (Fsp3) is 0.281. The number of anilines is 2. The van der Waals surface area contributed by atoms with Gasteiger partial charge in [0.05, 0.1) is 43.8 Å². The van der Waals surface area contributed by atoms with Crippen LogP contribution >= 0.6 is 0 Å². The highest BCUT2D eigenvalue weighted by Gasteiger charge is 2.17. The SMILES string of the molecule is CCOc1cc2ncnc(N[C@H](COCc3cccc(F)c3)c3ccccc3)c2cc1NC(=O)/C=C/CN(CC)CO. The topological polar surface area (TPSA) is 109 Å². The van der Waals surface area contributed by atoms with E-state index in [1.807, 2.05) is 50.2 Å². The molecule has 4 rings (SSSR count). The summed E-state index contributed by atoms with van der Waals surface area (Å²) in [5, 5.41) is 16.4. The Morgan fingerprint density at radius 3 is 2.67 bits per heavy atom. The largest absolute Gasteiger partial charge is 0.492 e. The molecule has 0 aliphatic rings. The second-order valence-corrected chi connectivity index (χ2v) is 9.48. The molecule has 220 valence electrons. The number of aliphatic hydroxyl groups excluding tert-OH is 1. The maximum atomic E-state index is 13.6. The lowest BCUT2D eigenvalue weighted by Crippen LogP contribution is -2.24. The lowest BCUT2D eigenvalue weighted by Gasteiger charge is -2.21.